The van der Waals surface area contributed by atoms with Gasteiger partial charge < -0.3 is 9.69 Å². The van der Waals surface area contributed by atoms with Crippen LogP contribution in [0.2, 0.25) is 0 Å². The number of rotatable bonds is 4. The molecule has 104 valence electrons. The summed E-state index contributed by atoms with van der Waals surface area (Å²) in [7, 11) is 4.06. The number of nitrogens with zero attached hydrogens (tertiary/aromatic N) is 1. The Balaban J connectivity index is 0.000000454. The molecule has 0 aromatic heterocycles. The van der Waals surface area contributed by atoms with Crippen molar-refractivity contribution in [2.75, 3.05) is 14.1 Å². The summed E-state index contributed by atoms with van der Waals surface area (Å²) >= 11 is 0. The van der Waals surface area contributed by atoms with E-state index in [1.54, 1.807) is 6.92 Å². The van der Waals surface area contributed by atoms with Gasteiger partial charge in [0.15, 0.2) is 0 Å². The summed E-state index contributed by atoms with van der Waals surface area (Å²) in [5.74, 6) is 0.228. The monoisotopic (exact) mass is 299 g/mol. The summed E-state index contributed by atoms with van der Waals surface area (Å²) in [6.45, 7) is 2.54. The van der Waals surface area contributed by atoms with E-state index in [0.717, 1.165) is 6.54 Å². The van der Waals surface area contributed by atoms with Gasteiger partial charge in [-0.2, -0.15) is 29.8 Å². The zero-order valence-corrected chi connectivity index (χ0v) is 12.8. The number of hydrogen-bond acceptors (Lipinski definition) is 2. The molecule has 0 aliphatic rings. The molecule has 2 nitrogen and oxygen atoms in total. The molecule has 0 fully saturated rings. The second-order valence-corrected chi connectivity index (χ2v) is 4.66. The molecule has 0 aliphatic carbocycles. The molecule has 0 unspecified atom stereocenters. The maximum Gasteiger partial charge on any atom is 2.00 e. The number of carbonyl (C=O) groups excluding carboxylic acids is 1. The third-order valence-corrected chi connectivity index (χ3v) is 2.49. The van der Waals surface area contributed by atoms with Crippen LogP contribution in [-0.2, 0) is 34.8 Å². The zero-order valence-electron chi connectivity index (χ0n) is 11.7. The topological polar surface area (TPSA) is 20.3 Å². The SMILES string of the molecule is CC(=O)C[c-]1cccc1CN(C)C.[Fe+2].c1cc[cH-]c1. The Bertz CT molecular complexity index is 426. The van der Waals surface area contributed by atoms with Gasteiger partial charge in [-0.1, -0.05) is 0 Å². The van der Waals surface area contributed by atoms with E-state index in [2.05, 4.69) is 11.0 Å². The summed E-state index contributed by atoms with van der Waals surface area (Å²) < 4.78 is 0. The molecule has 0 heterocycles. The third-order valence-electron chi connectivity index (χ3n) is 2.49. The quantitative estimate of drug-likeness (QED) is 0.639. The maximum atomic E-state index is 10.9. The Labute approximate surface area is 126 Å². The minimum atomic E-state index is 0. The van der Waals surface area contributed by atoms with Crippen LogP contribution in [0.15, 0.2) is 48.5 Å². The minimum Gasteiger partial charge on any atom is -0.307 e. The molecule has 2 aromatic rings. The second kappa shape index (κ2) is 9.74. The van der Waals surface area contributed by atoms with Crippen molar-refractivity contribution in [3.63, 3.8) is 0 Å². The van der Waals surface area contributed by atoms with Crippen LogP contribution in [0.25, 0.3) is 0 Å². The van der Waals surface area contributed by atoms with E-state index in [9.17, 15) is 4.79 Å². The van der Waals surface area contributed by atoms with Gasteiger partial charge in [0.2, 0.25) is 0 Å². The summed E-state index contributed by atoms with van der Waals surface area (Å²) in [6.07, 6.45) is 0.566. The average Bonchev–Trinajstić information content (AvgIpc) is 2.92. The molecule has 0 amide bonds. The van der Waals surface area contributed by atoms with Crippen molar-refractivity contribution >= 4 is 5.78 Å². The molecular formula is C16H21FeNO. The van der Waals surface area contributed by atoms with E-state index in [4.69, 9.17) is 0 Å². The Morgan fingerprint density at radius 3 is 2.32 bits per heavy atom. The first-order valence-corrected chi connectivity index (χ1v) is 6.14. The van der Waals surface area contributed by atoms with Crippen LogP contribution in [0.1, 0.15) is 18.1 Å². The first-order chi connectivity index (χ1) is 8.59. The first-order valence-electron chi connectivity index (χ1n) is 6.14. The van der Waals surface area contributed by atoms with Crippen LogP contribution >= 0.6 is 0 Å². The van der Waals surface area contributed by atoms with Gasteiger partial charge in [0.05, 0.1) is 0 Å². The van der Waals surface area contributed by atoms with E-state index in [1.807, 2.05) is 56.6 Å². The van der Waals surface area contributed by atoms with Gasteiger partial charge in [0, 0.05) is 0 Å². The Morgan fingerprint density at radius 2 is 1.89 bits per heavy atom. The number of Topliss-reactive ketones (excluding diaryl/α,β-unsaturated/α-hetero) is 1. The standard InChI is InChI=1S/C11H16NO.C5H5.Fe/c1-9(13)7-10-5-4-6-11(10)8-12(2)3;1-2-4-5-3-1;/h4-6H,7-8H2,1-3H3;1-5H;/q2*-1;+2. The summed E-state index contributed by atoms with van der Waals surface area (Å²) in [5.41, 5.74) is 2.43. The molecule has 0 saturated heterocycles. The van der Waals surface area contributed by atoms with Crippen molar-refractivity contribution in [3.8, 4) is 0 Å². The van der Waals surface area contributed by atoms with E-state index in [0.29, 0.717) is 6.42 Å². The second-order valence-electron chi connectivity index (χ2n) is 4.66. The van der Waals surface area contributed by atoms with Crippen molar-refractivity contribution in [2.45, 2.75) is 19.9 Å². The van der Waals surface area contributed by atoms with Crippen LogP contribution in [0.3, 0.4) is 0 Å². The normalized spacial score (nSPS) is 9.47. The van der Waals surface area contributed by atoms with Crippen molar-refractivity contribution in [1.82, 2.24) is 4.90 Å². The van der Waals surface area contributed by atoms with E-state index in [1.165, 1.54) is 11.1 Å². The molecule has 0 saturated carbocycles. The molecule has 0 spiro atoms. The molecule has 19 heavy (non-hydrogen) atoms. The number of ketones is 1. The Morgan fingerprint density at radius 1 is 1.26 bits per heavy atom. The van der Waals surface area contributed by atoms with Crippen molar-refractivity contribution in [2.24, 2.45) is 0 Å². The summed E-state index contributed by atoms with van der Waals surface area (Å²) in [6, 6.07) is 16.1. The van der Waals surface area contributed by atoms with Gasteiger partial charge in [-0.15, -0.1) is 5.56 Å². The van der Waals surface area contributed by atoms with Crippen LogP contribution in [-0.4, -0.2) is 24.8 Å². The van der Waals surface area contributed by atoms with Gasteiger partial charge in [0.25, 0.3) is 0 Å². The molecule has 2 rings (SSSR count). The smallest absolute Gasteiger partial charge is 0.307 e. The summed E-state index contributed by atoms with van der Waals surface area (Å²) in [4.78, 5) is 13.0. The van der Waals surface area contributed by atoms with Gasteiger partial charge >= 0.3 is 17.1 Å². The molecule has 0 aliphatic heterocycles. The molecule has 0 atom stereocenters. The molecule has 0 radical (unpaired) electrons. The largest absolute Gasteiger partial charge is 2.00 e. The third kappa shape index (κ3) is 7.78. The van der Waals surface area contributed by atoms with E-state index >= 15 is 0 Å². The minimum absolute atomic E-state index is 0. The van der Waals surface area contributed by atoms with Crippen LogP contribution < -0.4 is 0 Å². The number of hydrogen-bond donors (Lipinski definition) is 0. The fourth-order valence-corrected chi connectivity index (χ4v) is 1.75. The van der Waals surface area contributed by atoms with Gasteiger partial charge in [-0.3, -0.25) is 0 Å². The molecule has 2 aromatic carbocycles. The van der Waals surface area contributed by atoms with Crippen molar-refractivity contribution in [3.05, 3.63) is 59.7 Å². The molecule has 0 N–H and O–H groups in total. The maximum absolute atomic E-state index is 10.9. The van der Waals surface area contributed by atoms with Gasteiger partial charge in [-0.05, 0) is 34.0 Å². The zero-order chi connectivity index (χ0) is 13.4. The predicted octanol–water partition coefficient (Wildman–Crippen LogP) is 3.00. The van der Waals surface area contributed by atoms with Crippen molar-refractivity contribution < 1.29 is 21.9 Å². The van der Waals surface area contributed by atoms with E-state index in [-0.39, 0.29) is 22.9 Å². The Hall–Kier alpha value is -1.15. The average molecular weight is 299 g/mol. The fourth-order valence-electron chi connectivity index (χ4n) is 1.75. The van der Waals surface area contributed by atoms with Crippen molar-refractivity contribution in [1.29, 1.82) is 0 Å². The van der Waals surface area contributed by atoms with Crippen LogP contribution in [0, 0.1) is 0 Å². The van der Waals surface area contributed by atoms with E-state index < -0.39 is 0 Å². The molecule has 3 heteroatoms. The number of carbonyl (C=O) groups is 1. The first kappa shape index (κ1) is 17.8. The van der Waals surface area contributed by atoms with Crippen LogP contribution in [0.4, 0.5) is 0 Å². The predicted molar refractivity (Wildman–Crippen MR) is 75.8 cm³/mol. The summed E-state index contributed by atoms with van der Waals surface area (Å²) in [5, 5.41) is 0. The van der Waals surface area contributed by atoms with Crippen LogP contribution in [0.5, 0.6) is 0 Å². The van der Waals surface area contributed by atoms with Gasteiger partial charge in [-0.25, -0.2) is 24.3 Å². The molecular weight excluding hydrogens is 278 g/mol. The fraction of sp³-hybridized carbons (Fsp3) is 0.312. The van der Waals surface area contributed by atoms with Gasteiger partial charge in [0.1, 0.15) is 5.78 Å². The Kier molecular flexibility index (Phi) is 9.15. The molecule has 0 bridgehead atoms.